The summed E-state index contributed by atoms with van der Waals surface area (Å²) in [5.74, 6) is 2.45. The van der Waals surface area contributed by atoms with Gasteiger partial charge < -0.3 is 15.2 Å². The van der Waals surface area contributed by atoms with Crippen LogP contribution in [0.15, 0.2) is 16.6 Å². The summed E-state index contributed by atoms with van der Waals surface area (Å²) in [4.78, 5) is 0. The molecule has 0 fully saturated rings. The Labute approximate surface area is 125 Å². The molecule has 0 saturated carbocycles. The number of hydrogen-bond donors (Lipinski definition) is 1. The van der Waals surface area contributed by atoms with Gasteiger partial charge in [0, 0.05) is 18.7 Å². The van der Waals surface area contributed by atoms with Gasteiger partial charge in [-0.05, 0) is 33.5 Å². The van der Waals surface area contributed by atoms with Crippen LogP contribution in [0.2, 0.25) is 0 Å². The first kappa shape index (κ1) is 13.3. The van der Waals surface area contributed by atoms with Crippen molar-refractivity contribution in [1.29, 1.82) is 0 Å². The molecule has 1 aliphatic rings. The van der Waals surface area contributed by atoms with Gasteiger partial charge in [0.25, 0.3) is 0 Å². The van der Waals surface area contributed by atoms with Crippen molar-refractivity contribution in [3.05, 3.63) is 22.2 Å². The molecule has 0 amide bonds. The summed E-state index contributed by atoms with van der Waals surface area (Å²) in [7, 11) is 1.83. The molecule has 2 N–H and O–H groups in total. The predicted octanol–water partition coefficient (Wildman–Crippen LogP) is 3.28. The van der Waals surface area contributed by atoms with Crippen LogP contribution >= 0.6 is 15.9 Å². The maximum Gasteiger partial charge on any atom is 0.231 e. The minimum atomic E-state index is 0.249. The van der Waals surface area contributed by atoms with E-state index in [1.165, 1.54) is 0 Å². The van der Waals surface area contributed by atoms with E-state index >= 15 is 0 Å². The molecule has 1 aliphatic heterocycles. The molecule has 0 spiro atoms. The number of hydrogen-bond acceptors (Lipinski definition) is 4. The van der Waals surface area contributed by atoms with Crippen LogP contribution in [0.1, 0.15) is 25.3 Å². The highest BCUT2D eigenvalue weighted by Crippen LogP contribution is 2.47. The fraction of sp³-hybridized carbons (Fsp3) is 0.357. The maximum absolute atomic E-state index is 5.89. The highest BCUT2D eigenvalue weighted by Gasteiger charge is 2.25. The summed E-state index contributed by atoms with van der Waals surface area (Å²) in [6, 6.07) is 3.85. The van der Waals surface area contributed by atoms with E-state index in [1.54, 1.807) is 4.68 Å². The second-order valence-corrected chi connectivity index (χ2v) is 5.91. The number of anilines is 1. The summed E-state index contributed by atoms with van der Waals surface area (Å²) >= 11 is 3.64. The molecule has 0 bridgehead atoms. The van der Waals surface area contributed by atoms with Crippen LogP contribution in [-0.4, -0.2) is 16.6 Å². The second kappa shape index (κ2) is 4.70. The number of nitrogens with zero attached hydrogens (tertiary/aromatic N) is 2. The second-order valence-electron chi connectivity index (χ2n) is 5.12. The first-order chi connectivity index (χ1) is 9.49. The molecule has 106 valence electrons. The van der Waals surface area contributed by atoms with E-state index in [1.807, 2.05) is 19.2 Å². The monoisotopic (exact) mass is 337 g/mol. The fourth-order valence-electron chi connectivity index (χ4n) is 2.41. The van der Waals surface area contributed by atoms with Crippen molar-refractivity contribution in [3.63, 3.8) is 0 Å². The SMILES string of the molecule is CC(C)c1c(-c2cc(N)n(C)n2)cc2c(c1Br)OCO2. The van der Waals surface area contributed by atoms with Gasteiger partial charge in [0.15, 0.2) is 11.5 Å². The molecule has 0 atom stereocenters. The molecule has 6 heteroatoms. The molecule has 2 aromatic rings. The number of ether oxygens (including phenoxy) is 2. The molecule has 0 aliphatic carbocycles. The van der Waals surface area contributed by atoms with Crippen LogP contribution in [-0.2, 0) is 7.05 Å². The van der Waals surface area contributed by atoms with Crippen LogP contribution < -0.4 is 15.2 Å². The van der Waals surface area contributed by atoms with Crippen molar-refractivity contribution < 1.29 is 9.47 Å². The van der Waals surface area contributed by atoms with Gasteiger partial charge in [0.2, 0.25) is 6.79 Å². The largest absolute Gasteiger partial charge is 0.454 e. The van der Waals surface area contributed by atoms with Gasteiger partial charge in [-0.2, -0.15) is 5.10 Å². The van der Waals surface area contributed by atoms with Crippen molar-refractivity contribution in [2.24, 2.45) is 7.05 Å². The zero-order chi connectivity index (χ0) is 14.4. The molecule has 1 aromatic carbocycles. The lowest BCUT2D eigenvalue weighted by Gasteiger charge is -2.15. The standard InChI is InChI=1S/C14H16BrN3O2/c1-7(2)12-8(9-5-11(16)18(3)17-9)4-10-14(13(12)15)20-6-19-10/h4-5,7H,6,16H2,1-3H3. The zero-order valence-electron chi connectivity index (χ0n) is 11.6. The lowest BCUT2D eigenvalue weighted by atomic mass is 9.94. The Bertz CT molecular complexity index is 660. The summed E-state index contributed by atoms with van der Waals surface area (Å²) in [6.07, 6.45) is 0. The summed E-state index contributed by atoms with van der Waals surface area (Å²) in [5, 5.41) is 4.46. The highest BCUT2D eigenvalue weighted by molar-refractivity contribution is 9.10. The molecular weight excluding hydrogens is 322 g/mol. The maximum atomic E-state index is 5.89. The Morgan fingerprint density at radius 2 is 2.10 bits per heavy atom. The average Bonchev–Trinajstić information content (AvgIpc) is 2.96. The van der Waals surface area contributed by atoms with Crippen LogP contribution in [0.5, 0.6) is 11.5 Å². The number of fused-ring (bicyclic) bond motifs is 1. The number of aryl methyl sites for hydroxylation is 1. The molecule has 5 nitrogen and oxygen atoms in total. The van der Waals surface area contributed by atoms with E-state index in [4.69, 9.17) is 15.2 Å². The first-order valence-corrected chi connectivity index (χ1v) is 7.20. The number of benzene rings is 1. The van der Waals surface area contributed by atoms with Crippen LogP contribution in [0, 0.1) is 0 Å². The predicted molar refractivity (Wildman–Crippen MR) is 81.0 cm³/mol. The molecule has 1 aromatic heterocycles. The smallest absolute Gasteiger partial charge is 0.231 e. The Hall–Kier alpha value is -1.69. The quantitative estimate of drug-likeness (QED) is 0.913. The third kappa shape index (κ3) is 1.95. The Kier molecular flexibility index (Phi) is 3.12. The van der Waals surface area contributed by atoms with Gasteiger partial charge in [0.05, 0.1) is 10.2 Å². The number of halogens is 1. The van der Waals surface area contributed by atoms with Gasteiger partial charge in [0.1, 0.15) is 5.82 Å². The van der Waals surface area contributed by atoms with Crippen LogP contribution in [0.4, 0.5) is 5.82 Å². The number of nitrogens with two attached hydrogens (primary N) is 1. The molecule has 0 saturated heterocycles. The van der Waals surface area contributed by atoms with Crippen molar-refractivity contribution in [3.8, 4) is 22.8 Å². The number of aromatic nitrogens is 2. The van der Waals surface area contributed by atoms with Gasteiger partial charge >= 0.3 is 0 Å². The summed E-state index contributed by atoms with van der Waals surface area (Å²) in [5.41, 5.74) is 8.89. The Morgan fingerprint density at radius 1 is 1.35 bits per heavy atom. The van der Waals surface area contributed by atoms with Crippen molar-refractivity contribution in [2.75, 3.05) is 12.5 Å². The van der Waals surface area contributed by atoms with E-state index in [2.05, 4.69) is 34.9 Å². The Morgan fingerprint density at radius 3 is 2.70 bits per heavy atom. The molecule has 3 rings (SSSR count). The third-order valence-corrected chi connectivity index (χ3v) is 4.20. The van der Waals surface area contributed by atoms with E-state index in [0.29, 0.717) is 11.7 Å². The molecular formula is C14H16BrN3O2. The average molecular weight is 338 g/mol. The molecule has 2 heterocycles. The third-order valence-electron chi connectivity index (χ3n) is 3.41. The van der Waals surface area contributed by atoms with Crippen LogP contribution in [0.25, 0.3) is 11.3 Å². The number of rotatable bonds is 2. The summed E-state index contributed by atoms with van der Waals surface area (Å²) < 4.78 is 13.6. The molecule has 0 unspecified atom stereocenters. The van der Waals surface area contributed by atoms with Gasteiger partial charge in [-0.1, -0.05) is 13.8 Å². The number of nitrogen functional groups attached to an aromatic ring is 1. The zero-order valence-corrected chi connectivity index (χ0v) is 13.2. The minimum absolute atomic E-state index is 0.249. The topological polar surface area (TPSA) is 62.3 Å². The van der Waals surface area contributed by atoms with E-state index in [0.717, 1.165) is 32.8 Å². The molecule has 20 heavy (non-hydrogen) atoms. The lowest BCUT2D eigenvalue weighted by Crippen LogP contribution is -1.98. The normalized spacial score (nSPS) is 13.2. The van der Waals surface area contributed by atoms with Crippen molar-refractivity contribution >= 4 is 21.7 Å². The van der Waals surface area contributed by atoms with Crippen LogP contribution in [0.3, 0.4) is 0 Å². The van der Waals surface area contributed by atoms with Gasteiger partial charge in [-0.15, -0.1) is 0 Å². The summed E-state index contributed by atoms with van der Waals surface area (Å²) in [6.45, 7) is 4.52. The van der Waals surface area contributed by atoms with E-state index in [-0.39, 0.29) is 6.79 Å². The van der Waals surface area contributed by atoms with Crippen molar-refractivity contribution in [2.45, 2.75) is 19.8 Å². The minimum Gasteiger partial charge on any atom is -0.454 e. The fourth-order valence-corrected chi connectivity index (χ4v) is 3.39. The van der Waals surface area contributed by atoms with Gasteiger partial charge in [-0.25, -0.2) is 0 Å². The van der Waals surface area contributed by atoms with Crippen molar-refractivity contribution in [1.82, 2.24) is 9.78 Å². The van der Waals surface area contributed by atoms with Gasteiger partial charge in [-0.3, -0.25) is 4.68 Å². The lowest BCUT2D eigenvalue weighted by molar-refractivity contribution is 0.173. The first-order valence-electron chi connectivity index (χ1n) is 6.41. The Balaban J connectivity index is 2.26. The van der Waals surface area contributed by atoms with E-state index < -0.39 is 0 Å². The molecule has 0 radical (unpaired) electrons. The van der Waals surface area contributed by atoms with E-state index in [9.17, 15) is 0 Å². The highest BCUT2D eigenvalue weighted by atomic mass is 79.9.